The van der Waals surface area contributed by atoms with Crippen LogP contribution >= 0.6 is 31.9 Å². The average molecular weight is 453 g/mol. The number of ether oxygens (including phenoxy) is 1. The Labute approximate surface area is 158 Å². The van der Waals surface area contributed by atoms with Crippen LogP contribution < -0.4 is 5.73 Å². The van der Waals surface area contributed by atoms with Crippen LogP contribution in [0.15, 0.2) is 45.3 Å². The van der Waals surface area contributed by atoms with Gasteiger partial charge < -0.3 is 10.5 Å². The number of hydrogen-bond acceptors (Lipinski definition) is 2. The summed E-state index contributed by atoms with van der Waals surface area (Å²) in [6.45, 7) is 2.67. The number of amides is 1. The molecule has 0 atom stereocenters. The highest BCUT2D eigenvalue weighted by atomic mass is 79.9. The molecule has 3 rings (SSSR count). The molecular weight excluding hydrogens is 434 g/mol. The summed E-state index contributed by atoms with van der Waals surface area (Å²) in [5.41, 5.74) is 10.3. The molecule has 0 aliphatic heterocycles. The Morgan fingerprint density at radius 2 is 1.58 bits per heavy atom. The van der Waals surface area contributed by atoms with Crippen molar-refractivity contribution in [3.8, 4) is 11.1 Å². The molecule has 24 heavy (non-hydrogen) atoms. The van der Waals surface area contributed by atoms with Crippen molar-refractivity contribution < 1.29 is 9.53 Å². The number of primary amides is 1. The molecule has 0 spiro atoms. The van der Waals surface area contributed by atoms with Crippen molar-refractivity contribution in [2.24, 2.45) is 5.73 Å². The standard InChI is InChI=1S/C19H19Br2NO2/c1-19(8-2-3-9-24-18(22)23)16-10-12(20)4-6-14(16)15-7-5-13(21)11-17(15)19/h4-7,10-11H,2-3,8-9H2,1H3,(H2,22,23). The largest absolute Gasteiger partial charge is 0.450 e. The van der Waals surface area contributed by atoms with Gasteiger partial charge in [-0.3, -0.25) is 0 Å². The fourth-order valence-electron chi connectivity index (χ4n) is 3.58. The molecule has 0 bridgehead atoms. The zero-order valence-electron chi connectivity index (χ0n) is 13.4. The summed E-state index contributed by atoms with van der Waals surface area (Å²) in [5, 5.41) is 0. The summed E-state index contributed by atoms with van der Waals surface area (Å²) in [4.78, 5) is 10.7. The quantitative estimate of drug-likeness (QED) is 0.586. The third-order valence-electron chi connectivity index (χ3n) is 4.76. The Bertz CT molecular complexity index is 737. The maximum Gasteiger partial charge on any atom is 0.404 e. The van der Waals surface area contributed by atoms with E-state index in [1.54, 1.807) is 0 Å². The van der Waals surface area contributed by atoms with Gasteiger partial charge in [-0.1, -0.05) is 50.9 Å². The summed E-state index contributed by atoms with van der Waals surface area (Å²) in [6.07, 6.45) is 2.06. The lowest BCUT2D eigenvalue weighted by molar-refractivity contribution is 0.154. The van der Waals surface area contributed by atoms with Gasteiger partial charge in [0.05, 0.1) is 6.61 Å². The fourth-order valence-corrected chi connectivity index (χ4v) is 4.31. The molecule has 126 valence electrons. The first-order valence-electron chi connectivity index (χ1n) is 7.94. The van der Waals surface area contributed by atoms with E-state index in [2.05, 4.69) is 75.2 Å². The molecule has 0 unspecified atom stereocenters. The molecule has 5 heteroatoms. The van der Waals surface area contributed by atoms with Crippen LogP contribution in [0.3, 0.4) is 0 Å². The molecule has 1 aliphatic carbocycles. The second-order valence-corrected chi connectivity index (χ2v) is 8.17. The number of hydrogen-bond donors (Lipinski definition) is 1. The van der Waals surface area contributed by atoms with Crippen molar-refractivity contribution in [3.63, 3.8) is 0 Å². The summed E-state index contributed by atoms with van der Waals surface area (Å²) < 4.78 is 7.03. The van der Waals surface area contributed by atoms with Crippen LogP contribution in [-0.4, -0.2) is 12.7 Å². The summed E-state index contributed by atoms with van der Waals surface area (Å²) >= 11 is 7.21. The van der Waals surface area contributed by atoms with Crippen molar-refractivity contribution in [1.82, 2.24) is 0 Å². The van der Waals surface area contributed by atoms with Crippen molar-refractivity contribution in [1.29, 1.82) is 0 Å². The van der Waals surface area contributed by atoms with Crippen molar-refractivity contribution in [3.05, 3.63) is 56.5 Å². The highest BCUT2D eigenvalue weighted by molar-refractivity contribution is 9.10. The Balaban J connectivity index is 1.90. The first kappa shape index (κ1) is 17.5. The van der Waals surface area contributed by atoms with Gasteiger partial charge in [0.2, 0.25) is 0 Å². The maximum absolute atomic E-state index is 10.7. The monoisotopic (exact) mass is 451 g/mol. The lowest BCUT2D eigenvalue weighted by Crippen LogP contribution is -2.21. The van der Waals surface area contributed by atoms with Gasteiger partial charge in [-0.15, -0.1) is 0 Å². The van der Waals surface area contributed by atoms with E-state index in [9.17, 15) is 4.79 Å². The lowest BCUT2D eigenvalue weighted by Gasteiger charge is -2.28. The van der Waals surface area contributed by atoms with Crippen LogP contribution in [0.1, 0.15) is 37.3 Å². The zero-order chi connectivity index (χ0) is 17.3. The Morgan fingerprint density at radius 1 is 1.04 bits per heavy atom. The lowest BCUT2D eigenvalue weighted by atomic mass is 9.76. The molecule has 0 saturated heterocycles. The minimum Gasteiger partial charge on any atom is -0.450 e. The Morgan fingerprint density at radius 3 is 2.08 bits per heavy atom. The number of carbonyl (C=O) groups excluding carboxylic acids is 1. The highest BCUT2D eigenvalue weighted by Gasteiger charge is 2.38. The molecule has 0 radical (unpaired) electrons. The van der Waals surface area contributed by atoms with E-state index in [1.165, 1.54) is 22.3 Å². The third-order valence-corrected chi connectivity index (χ3v) is 5.74. The average Bonchev–Trinajstić information content (AvgIpc) is 2.76. The van der Waals surface area contributed by atoms with Crippen LogP contribution in [0.2, 0.25) is 0 Å². The minimum atomic E-state index is -0.703. The third kappa shape index (κ3) is 3.24. The predicted molar refractivity (Wildman–Crippen MR) is 103 cm³/mol. The molecule has 2 aromatic carbocycles. The van der Waals surface area contributed by atoms with Crippen LogP contribution in [0.4, 0.5) is 4.79 Å². The minimum absolute atomic E-state index is 0.0506. The molecule has 2 N–H and O–H groups in total. The maximum atomic E-state index is 10.7. The SMILES string of the molecule is CC1(CCCCOC(N)=O)c2cc(Br)ccc2-c2ccc(Br)cc21. The van der Waals surface area contributed by atoms with Crippen LogP contribution in [-0.2, 0) is 10.2 Å². The van der Waals surface area contributed by atoms with Crippen LogP contribution in [0, 0.1) is 0 Å². The van der Waals surface area contributed by atoms with E-state index >= 15 is 0 Å². The normalized spacial score (nSPS) is 14.1. The van der Waals surface area contributed by atoms with E-state index in [0.29, 0.717) is 6.61 Å². The van der Waals surface area contributed by atoms with Gasteiger partial charge in [0.1, 0.15) is 0 Å². The van der Waals surface area contributed by atoms with E-state index in [-0.39, 0.29) is 5.41 Å². The second kappa shape index (κ2) is 6.89. The number of carbonyl (C=O) groups is 1. The van der Waals surface area contributed by atoms with E-state index in [1.807, 2.05) is 0 Å². The highest BCUT2D eigenvalue weighted by Crippen LogP contribution is 2.52. The van der Waals surface area contributed by atoms with Crippen LogP contribution in [0.5, 0.6) is 0 Å². The van der Waals surface area contributed by atoms with Crippen molar-refractivity contribution in [2.75, 3.05) is 6.61 Å². The van der Waals surface area contributed by atoms with E-state index in [4.69, 9.17) is 10.5 Å². The van der Waals surface area contributed by atoms with E-state index < -0.39 is 6.09 Å². The predicted octanol–water partition coefficient (Wildman–Crippen LogP) is 5.76. The topological polar surface area (TPSA) is 52.3 Å². The fraction of sp³-hybridized carbons (Fsp3) is 0.316. The Hall–Kier alpha value is -1.33. The van der Waals surface area contributed by atoms with Gasteiger partial charge in [0.15, 0.2) is 0 Å². The number of unbranched alkanes of at least 4 members (excludes halogenated alkanes) is 1. The smallest absolute Gasteiger partial charge is 0.404 e. The molecule has 0 aromatic heterocycles. The first-order chi connectivity index (χ1) is 11.4. The first-order valence-corrected chi connectivity index (χ1v) is 9.53. The molecule has 0 saturated carbocycles. The van der Waals surface area contributed by atoms with E-state index in [0.717, 1.165) is 28.2 Å². The number of benzene rings is 2. The molecule has 3 nitrogen and oxygen atoms in total. The second-order valence-electron chi connectivity index (χ2n) is 6.34. The van der Waals surface area contributed by atoms with Gasteiger partial charge in [0.25, 0.3) is 0 Å². The Kier molecular flexibility index (Phi) is 5.02. The van der Waals surface area contributed by atoms with Gasteiger partial charge >= 0.3 is 6.09 Å². The summed E-state index contributed by atoms with van der Waals surface area (Å²) in [7, 11) is 0. The summed E-state index contributed by atoms with van der Waals surface area (Å²) in [6, 6.07) is 13.0. The van der Waals surface area contributed by atoms with Gasteiger partial charge in [0, 0.05) is 14.4 Å². The van der Waals surface area contributed by atoms with Gasteiger partial charge in [-0.05, 0) is 65.8 Å². The molecule has 1 aliphatic rings. The van der Waals surface area contributed by atoms with Gasteiger partial charge in [-0.25, -0.2) is 4.79 Å². The molecular formula is C19H19Br2NO2. The molecule has 2 aromatic rings. The zero-order valence-corrected chi connectivity index (χ0v) is 16.6. The number of rotatable bonds is 5. The van der Waals surface area contributed by atoms with Crippen molar-refractivity contribution in [2.45, 2.75) is 31.6 Å². The molecule has 0 fully saturated rings. The van der Waals surface area contributed by atoms with Gasteiger partial charge in [-0.2, -0.15) is 0 Å². The molecule has 1 amide bonds. The number of halogens is 2. The summed E-state index contributed by atoms with van der Waals surface area (Å²) in [5.74, 6) is 0. The van der Waals surface area contributed by atoms with Crippen molar-refractivity contribution >= 4 is 38.0 Å². The number of fused-ring (bicyclic) bond motifs is 3. The van der Waals surface area contributed by atoms with Crippen LogP contribution in [0.25, 0.3) is 11.1 Å². The molecule has 0 heterocycles. The number of nitrogens with two attached hydrogens (primary N) is 1.